The van der Waals surface area contributed by atoms with Gasteiger partial charge in [-0.15, -0.1) is 0 Å². The normalized spacial score (nSPS) is 12.2. The van der Waals surface area contributed by atoms with Crippen molar-refractivity contribution in [2.24, 2.45) is 5.92 Å². The molecule has 0 heterocycles. The van der Waals surface area contributed by atoms with Gasteiger partial charge in [-0.25, -0.2) is 4.39 Å². The summed E-state index contributed by atoms with van der Waals surface area (Å²) < 4.78 is 13.1. The molecule has 0 aliphatic carbocycles. The molecule has 4 heteroatoms. The van der Waals surface area contributed by atoms with Crippen LogP contribution in [0.3, 0.4) is 0 Å². The first-order valence-electron chi connectivity index (χ1n) is 7.75. The predicted molar refractivity (Wildman–Crippen MR) is 92.1 cm³/mol. The first kappa shape index (κ1) is 17.5. The van der Waals surface area contributed by atoms with Crippen LogP contribution >= 0.6 is 11.6 Å². The van der Waals surface area contributed by atoms with E-state index in [0.717, 1.165) is 11.1 Å². The van der Waals surface area contributed by atoms with Crippen molar-refractivity contribution in [1.29, 1.82) is 0 Å². The van der Waals surface area contributed by atoms with E-state index in [4.69, 9.17) is 11.6 Å². The third kappa shape index (κ3) is 5.07. The molecule has 0 spiro atoms. The minimum Gasteiger partial charge on any atom is -0.355 e. The van der Waals surface area contributed by atoms with Crippen LogP contribution in [0.5, 0.6) is 0 Å². The number of carbonyl (C=O) groups is 1. The van der Waals surface area contributed by atoms with Gasteiger partial charge in [-0.2, -0.15) is 0 Å². The van der Waals surface area contributed by atoms with Gasteiger partial charge in [0.25, 0.3) is 0 Å². The highest BCUT2D eigenvalue weighted by Gasteiger charge is 2.23. The first-order chi connectivity index (χ1) is 11.0. The summed E-state index contributed by atoms with van der Waals surface area (Å²) in [5, 5.41) is 3.61. The average Bonchev–Trinajstić information content (AvgIpc) is 2.49. The number of halogens is 2. The molecule has 0 unspecified atom stereocenters. The summed E-state index contributed by atoms with van der Waals surface area (Å²) >= 11 is 5.91. The predicted octanol–water partition coefficient (Wildman–Crippen LogP) is 4.58. The molecule has 0 aliphatic heterocycles. The van der Waals surface area contributed by atoms with Gasteiger partial charge in [-0.3, -0.25) is 4.79 Å². The molecule has 0 fully saturated rings. The first-order valence-corrected chi connectivity index (χ1v) is 8.13. The Morgan fingerprint density at radius 1 is 1.17 bits per heavy atom. The molecule has 0 radical (unpaired) electrons. The summed E-state index contributed by atoms with van der Waals surface area (Å²) in [6, 6.07) is 13.8. The number of rotatable bonds is 6. The standard InChI is InChI=1S/C19H21ClFNO/c1-13(2)18(15-6-8-16(20)9-7-15)19(23)22-11-10-14-4-3-5-17(21)12-14/h3-9,12-13,18H,10-11H2,1-2H3,(H,22,23)/t18-/m0/s1. The molecule has 1 amide bonds. The number of carbonyl (C=O) groups excluding carboxylic acids is 1. The van der Waals surface area contributed by atoms with E-state index >= 15 is 0 Å². The fourth-order valence-corrected chi connectivity index (χ4v) is 2.77. The fourth-order valence-electron chi connectivity index (χ4n) is 2.64. The van der Waals surface area contributed by atoms with E-state index in [9.17, 15) is 9.18 Å². The summed E-state index contributed by atoms with van der Waals surface area (Å²) in [6.45, 7) is 4.52. The molecule has 1 N–H and O–H groups in total. The van der Waals surface area contributed by atoms with E-state index in [2.05, 4.69) is 5.32 Å². The van der Waals surface area contributed by atoms with E-state index in [-0.39, 0.29) is 23.6 Å². The maximum atomic E-state index is 13.1. The van der Waals surface area contributed by atoms with E-state index in [1.807, 2.05) is 32.0 Å². The Morgan fingerprint density at radius 2 is 1.87 bits per heavy atom. The van der Waals surface area contributed by atoms with Crippen LogP contribution in [0.2, 0.25) is 5.02 Å². The van der Waals surface area contributed by atoms with Gasteiger partial charge >= 0.3 is 0 Å². The Bertz CT molecular complexity index is 655. The summed E-state index contributed by atoms with van der Waals surface area (Å²) in [5.41, 5.74) is 1.82. The number of hydrogen-bond acceptors (Lipinski definition) is 1. The molecule has 0 saturated carbocycles. The minimum atomic E-state index is -0.255. The van der Waals surface area contributed by atoms with Crippen molar-refractivity contribution in [3.63, 3.8) is 0 Å². The van der Waals surface area contributed by atoms with Crippen molar-refractivity contribution in [2.45, 2.75) is 26.2 Å². The van der Waals surface area contributed by atoms with Crippen LogP contribution in [-0.2, 0) is 11.2 Å². The number of amides is 1. The third-order valence-electron chi connectivity index (χ3n) is 3.78. The second-order valence-electron chi connectivity index (χ2n) is 5.94. The Hall–Kier alpha value is -1.87. The van der Waals surface area contributed by atoms with E-state index in [0.29, 0.717) is 18.0 Å². The Morgan fingerprint density at radius 3 is 2.48 bits per heavy atom. The van der Waals surface area contributed by atoms with Crippen molar-refractivity contribution < 1.29 is 9.18 Å². The zero-order valence-electron chi connectivity index (χ0n) is 13.4. The van der Waals surface area contributed by atoms with Gasteiger partial charge in [-0.1, -0.05) is 49.7 Å². The number of benzene rings is 2. The highest BCUT2D eigenvalue weighted by Crippen LogP contribution is 2.26. The van der Waals surface area contributed by atoms with Crippen molar-refractivity contribution in [3.8, 4) is 0 Å². The highest BCUT2D eigenvalue weighted by molar-refractivity contribution is 6.30. The fraction of sp³-hybridized carbons (Fsp3) is 0.316. The molecule has 0 aliphatic rings. The summed E-state index contributed by atoms with van der Waals surface area (Å²) in [7, 11) is 0. The molecule has 0 saturated heterocycles. The second-order valence-corrected chi connectivity index (χ2v) is 6.38. The van der Waals surface area contributed by atoms with Crippen LogP contribution in [0.25, 0.3) is 0 Å². The van der Waals surface area contributed by atoms with E-state index < -0.39 is 0 Å². The maximum Gasteiger partial charge on any atom is 0.227 e. The van der Waals surface area contributed by atoms with Crippen LogP contribution in [0.1, 0.15) is 30.9 Å². The van der Waals surface area contributed by atoms with Crippen LogP contribution in [0.4, 0.5) is 4.39 Å². The molecule has 122 valence electrons. The second kappa shape index (κ2) is 8.11. The zero-order chi connectivity index (χ0) is 16.8. The van der Waals surface area contributed by atoms with Gasteiger partial charge in [-0.05, 0) is 47.7 Å². The van der Waals surface area contributed by atoms with Gasteiger partial charge in [0.1, 0.15) is 5.82 Å². The largest absolute Gasteiger partial charge is 0.355 e. The molecule has 2 nitrogen and oxygen atoms in total. The quantitative estimate of drug-likeness (QED) is 0.823. The Labute approximate surface area is 141 Å². The molecule has 0 aromatic heterocycles. The number of hydrogen-bond donors (Lipinski definition) is 1. The lowest BCUT2D eigenvalue weighted by atomic mass is 9.87. The van der Waals surface area contributed by atoms with Gasteiger partial charge < -0.3 is 5.32 Å². The van der Waals surface area contributed by atoms with Crippen LogP contribution in [0, 0.1) is 11.7 Å². The molecular formula is C19H21ClFNO. The Kier molecular flexibility index (Phi) is 6.17. The third-order valence-corrected chi connectivity index (χ3v) is 4.03. The molecule has 2 rings (SSSR count). The Balaban J connectivity index is 1.97. The lowest BCUT2D eigenvalue weighted by Gasteiger charge is -2.21. The van der Waals surface area contributed by atoms with Gasteiger partial charge in [0, 0.05) is 11.6 Å². The molecular weight excluding hydrogens is 313 g/mol. The lowest BCUT2D eigenvalue weighted by Crippen LogP contribution is -2.33. The van der Waals surface area contributed by atoms with Crippen LogP contribution < -0.4 is 5.32 Å². The maximum absolute atomic E-state index is 13.1. The van der Waals surface area contributed by atoms with Gasteiger partial charge in [0.15, 0.2) is 0 Å². The summed E-state index contributed by atoms with van der Waals surface area (Å²) in [5.74, 6) is -0.320. The topological polar surface area (TPSA) is 29.1 Å². The van der Waals surface area contributed by atoms with E-state index in [1.165, 1.54) is 12.1 Å². The zero-order valence-corrected chi connectivity index (χ0v) is 14.1. The average molecular weight is 334 g/mol. The summed E-state index contributed by atoms with van der Waals surface area (Å²) in [4.78, 5) is 12.5. The monoisotopic (exact) mass is 333 g/mol. The van der Waals surface area contributed by atoms with Crippen molar-refractivity contribution in [2.75, 3.05) is 6.54 Å². The molecule has 23 heavy (non-hydrogen) atoms. The molecule has 0 bridgehead atoms. The van der Waals surface area contributed by atoms with E-state index in [1.54, 1.807) is 18.2 Å². The van der Waals surface area contributed by atoms with Crippen molar-refractivity contribution in [3.05, 3.63) is 70.5 Å². The highest BCUT2D eigenvalue weighted by atomic mass is 35.5. The molecule has 2 aromatic carbocycles. The van der Waals surface area contributed by atoms with Crippen molar-refractivity contribution >= 4 is 17.5 Å². The van der Waals surface area contributed by atoms with Crippen LogP contribution in [-0.4, -0.2) is 12.5 Å². The van der Waals surface area contributed by atoms with Gasteiger partial charge in [0.2, 0.25) is 5.91 Å². The lowest BCUT2D eigenvalue weighted by molar-refractivity contribution is -0.123. The minimum absolute atomic E-state index is 0.0151. The summed E-state index contributed by atoms with van der Waals surface area (Å²) in [6.07, 6.45) is 0.606. The smallest absolute Gasteiger partial charge is 0.227 e. The van der Waals surface area contributed by atoms with Crippen molar-refractivity contribution in [1.82, 2.24) is 5.32 Å². The van der Waals surface area contributed by atoms with Gasteiger partial charge in [0.05, 0.1) is 5.92 Å². The van der Waals surface area contributed by atoms with Crippen LogP contribution in [0.15, 0.2) is 48.5 Å². The molecule has 2 aromatic rings. The SMILES string of the molecule is CC(C)[C@H](C(=O)NCCc1cccc(F)c1)c1ccc(Cl)cc1. The number of nitrogens with one attached hydrogen (secondary N) is 1. The molecule has 1 atom stereocenters.